The van der Waals surface area contributed by atoms with Gasteiger partial charge in [-0.05, 0) is 24.8 Å². The molecule has 1 fully saturated rings. The molecule has 0 saturated carbocycles. The molecule has 2 aromatic heterocycles. The van der Waals surface area contributed by atoms with Crippen LogP contribution in [0.4, 0.5) is 11.8 Å². The quantitative estimate of drug-likeness (QED) is 0.747. The van der Waals surface area contributed by atoms with Gasteiger partial charge in [0.25, 0.3) is 0 Å². The van der Waals surface area contributed by atoms with Gasteiger partial charge in [-0.15, -0.1) is 0 Å². The number of nitrogens with one attached hydrogen (secondary N) is 1. The number of aryl methyl sites for hydroxylation is 1. The van der Waals surface area contributed by atoms with E-state index in [0.717, 1.165) is 55.4 Å². The van der Waals surface area contributed by atoms with Crippen molar-refractivity contribution in [3.05, 3.63) is 42.1 Å². The molecule has 0 radical (unpaired) electrons. The number of benzene rings is 1. The predicted molar refractivity (Wildman–Crippen MR) is 101 cm³/mol. The number of nitrogens with zero attached hydrogens (tertiary/aromatic N) is 5. The molecular formula is C19H24N6. The molecule has 6 heteroatoms. The van der Waals surface area contributed by atoms with Crippen molar-refractivity contribution in [3.63, 3.8) is 0 Å². The standard InChI is InChI=1S/C19H24N6/c1-2-10-25-18-16(14-21-25)17(20-13-15-8-4-3-5-9-15)22-19(23-18)24-11-6-7-12-24/h3-5,8-9,14H,2,6-7,10-13H2,1H3,(H,20,22,23). The van der Waals surface area contributed by atoms with E-state index in [-0.39, 0.29) is 0 Å². The van der Waals surface area contributed by atoms with Gasteiger partial charge in [-0.25, -0.2) is 4.68 Å². The van der Waals surface area contributed by atoms with Crippen LogP contribution < -0.4 is 10.2 Å². The molecule has 1 aliphatic rings. The summed E-state index contributed by atoms with van der Waals surface area (Å²) in [5.74, 6) is 1.69. The lowest BCUT2D eigenvalue weighted by molar-refractivity contribution is 0.616. The van der Waals surface area contributed by atoms with Gasteiger partial charge in [-0.3, -0.25) is 0 Å². The van der Waals surface area contributed by atoms with E-state index < -0.39 is 0 Å². The SMILES string of the molecule is CCCn1ncc2c(NCc3ccccc3)nc(N3CCCC3)nc21. The number of hydrogen-bond donors (Lipinski definition) is 1. The van der Waals surface area contributed by atoms with Crippen LogP contribution in [0, 0.1) is 0 Å². The minimum absolute atomic E-state index is 0.741. The summed E-state index contributed by atoms with van der Waals surface area (Å²) >= 11 is 0. The molecule has 3 heterocycles. The maximum absolute atomic E-state index is 4.83. The molecule has 0 amide bonds. The van der Waals surface area contributed by atoms with Crippen LogP contribution in [0.15, 0.2) is 36.5 Å². The van der Waals surface area contributed by atoms with E-state index in [4.69, 9.17) is 9.97 Å². The molecule has 6 nitrogen and oxygen atoms in total. The van der Waals surface area contributed by atoms with Crippen LogP contribution in [-0.4, -0.2) is 32.8 Å². The molecule has 1 N–H and O–H groups in total. The zero-order chi connectivity index (χ0) is 17.1. The molecule has 3 aromatic rings. The van der Waals surface area contributed by atoms with E-state index >= 15 is 0 Å². The zero-order valence-electron chi connectivity index (χ0n) is 14.6. The summed E-state index contributed by atoms with van der Waals surface area (Å²) in [6.45, 7) is 5.84. The first-order chi connectivity index (χ1) is 12.3. The fourth-order valence-corrected chi connectivity index (χ4v) is 3.29. The smallest absolute Gasteiger partial charge is 0.229 e. The summed E-state index contributed by atoms with van der Waals surface area (Å²) in [5, 5.41) is 9.01. The second-order valence-electron chi connectivity index (χ2n) is 6.51. The van der Waals surface area contributed by atoms with Crippen molar-refractivity contribution in [1.82, 2.24) is 19.7 Å². The maximum Gasteiger partial charge on any atom is 0.229 e. The van der Waals surface area contributed by atoms with Gasteiger partial charge in [0, 0.05) is 26.2 Å². The normalized spacial score (nSPS) is 14.4. The van der Waals surface area contributed by atoms with Gasteiger partial charge in [-0.2, -0.15) is 15.1 Å². The summed E-state index contributed by atoms with van der Waals surface area (Å²) in [6, 6.07) is 10.4. The van der Waals surface area contributed by atoms with Crippen LogP contribution in [0.3, 0.4) is 0 Å². The molecule has 130 valence electrons. The monoisotopic (exact) mass is 336 g/mol. The molecule has 4 rings (SSSR count). The van der Waals surface area contributed by atoms with Gasteiger partial charge in [0.15, 0.2) is 5.65 Å². The van der Waals surface area contributed by atoms with Crippen LogP contribution in [0.2, 0.25) is 0 Å². The minimum Gasteiger partial charge on any atom is -0.365 e. The lowest BCUT2D eigenvalue weighted by Gasteiger charge is -2.17. The molecule has 1 aliphatic heterocycles. The van der Waals surface area contributed by atoms with Crippen molar-refractivity contribution in [2.24, 2.45) is 0 Å². The number of aromatic nitrogens is 4. The van der Waals surface area contributed by atoms with E-state index in [0.29, 0.717) is 0 Å². The molecule has 1 saturated heterocycles. The van der Waals surface area contributed by atoms with Crippen molar-refractivity contribution in [2.75, 3.05) is 23.3 Å². The molecule has 0 aliphatic carbocycles. The fourth-order valence-electron chi connectivity index (χ4n) is 3.29. The second-order valence-corrected chi connectivity index (χ2v) is 6.51. The Hall–Kier alpha value is -2.63. The first-order valence-corrected chi connectivity index (χ1v) is 9.11. The Balaban J connectivity index is 1.70. The van der Waals surface area contributed by atoms with Gasteiger partial charge >= 0.3 is 0 Å². The number of fused-ring (bicyclic) bond motifs is 1. The summed E-state index contributed by atoms with van der Waals surface area (Å²) in [5.41, 5.74) is 2.16. The van der Waals surface area contributed by atoms with Gasteiger partial charge in [0.1, 0.15) is 5.82 Å². The molecule has 0 spiro atoms. The van der Waals surface area contributed by atoms with Crippen molar-refractivity contribution in [3.8, 4) is 0 Å². The van der Waals surface area contributed by atoms with Crippen molar-refractivity contribution in [1.29, 1.82) is 0 Å². The third-order valence-corrected chi connectivity index (χ3v) is 4.61. The van der Waals surface area contributed by atoms with E-state index in [1.165, 1.54) is 18.4 Å². The highest BCUT2D eigenvalue weighted by molar-refractivity contribution is 5.87. The van der Waals surface area contributed by atoms with E-state index in [9.17, 15) is 0 Å². The summed E-state index contributed by atoms with van der Waals surface area (Å²) in [4.78, 5) is 11.9. The van der Waals surface area contributed by atoms with Crippen LogP contribution in [0.25, 0.3) is 11.0 Å². The number of rotatable bonds is 6. The lowest BCUT2D eigenvalue weighted by Crippen LogP contribution is -2.21. The highest BCUT2D eigenvalue weighted by Gasteiger charge is 2.19. The molecule has 25 heavy (non-hydrogen) atoms. The zero-order valence-corrected chi connectivity index (χ0v) is 14.6. The third kappa shape index (κ3) is 3.29. The van der Waals surface area contributed by atoms with Gasteiger partial charge < -0.3 is 10.2 Å². The largest absolute Gasteiger partial charge is 0.365 e. The predicted octanol–water partition coefficient (Wildman–Crippen LogP) is 3.45. The van der Waals surface area contributed by atoms with Crippen molar-refractivity contribution < 1.29 is 0 Å². The van der Waals surface area contributed by atoms with Gasteiger partial charge in [0.05, 0.1) is 11.6 Å². The van der Waals surface area contributed by atoms with Crippen LogP contribution in [0.1, 0.15) is 31.7 Å². The Morgan fingerprint density at radius 1 is 1.08 bits per heavy atom. The molecule has 1 aromatic carbocycles. The molecular weight excluding hydrogens is 312 g/mol. The second kappa shape index (κ2) is 7.09. The lowest BCUT2D eigenvalue weighted by atomic mass is 10.2. The number of anilines is 2. The summed E-state index contributed by atoms with van der Waals surface area (Å²) in [6.07, 6.45) is 5.34. The summed E-state index contributed by atoms with van der Waals surface area (Å²) < 4.78 is 1.99. The van der Waals surface area contributed by atoms with Crippen LogP contribution in [-0.2, 0) is 13.1 Å². The Bertz CT molecular complexity index is 836. The first kappa shape index (κ1) is 15.9. The average Bonchev–Trinajstić information content (AvgIpc) is 3.31. The Labute approximate surface area is 147 Å². The van der Waals surface area contributed by atoms with Crippen molar-refractivity contribution in [2.45, 2.75) is 39.3 Å². The minimum atomic E-state index is 0.741. The van der Waals surface area contributed by atoms with E-state index in [2.05, 4.69) is 46.5 Å². The Morgan fingerprint density at radius 2 is 1.88 bits per heavy atom. The summed E-state index contributed by atoms with van der Waals surface area (Å²) in [7, 11) is 0. The maximum atomic E-state index is 4.83. The van der Waals surface area contributed by atoms with Crippen LogP contribution in [0.5, 0.6) is 0 Å². The third-order valence-electron chi connectivity index (χ3n) is 4.61. The highest BCUT2D eigenvalue weighted by atomic mass is 15.3. The fraction of sp³-hybridized carbons (Fsp3) is 0.421. The Kier molecular flexibility index (Phi) is 4.50. The van der Waals surface area contributed by atoms with Gasteiger partial charge in [-0.1, -0.05) is 37.3 Å². The topological polar surface area (TPSA) is 58.9 Å². The molecule has 0 unspecified atom stereocenters. The molecule has 0 atom stereocenters. The van der Waals surface area contributed by atoms with Gasteiger partial charge in [0.2, 0.25) is 5.95 Å². The highest BCUT2D eigenvalue weighted by Crippen LogP contribution is 2.26. The van der Waals surface area contributed by atoms with E-state index in [1.807, 2.05) is 16.9 Å². The van der Waals surface area contributed by atoms with Crippen molar-refractivity contribution >= 4 is 22.8 Å². The Morgan fingerprint density at radius 3 is 2.64 bits per heavy atom. The first-order valence-electron chi connectivity index (χ1n) is 9.11. The average molecular weight is 336 g/mol. The van der Waals surface area contributed by atoms with E-state index in [1.54, 1.807) is 0 Å². The van der Waals surface area contributed by atoms with Crippen LogP contribution >= 0.6 is 0 Å². The number of hydrogen-bond acceptors (Lipinski definition) is 5. The molecule has 0 bridgehead atoms.